The van der Waals surface area contributed by atoms with Crippen LogP contribution in [0.3, 0.4) is 0 Å². The number of hydrogen-bond acceptors (Lipinski definition) is 4. The van der Waals surface area contributed by atoms with Gasteiger partial charge in [-0.3, -0.25) is 9.00 Å². The van der Waals surface area contributed by atoms with Gasteiger partial charge in [0.1, 0.15) is 10.1 Å². The number of thiocarbonyl (C=S) groups is 1. The Balaban J connectivity index is 3.73. The smallest absolute Gasteiger partial charge is 0.145 e. The molecule has 0 aromatic carbocycles. The Kier molecular flexibility index (Phi) is 9.68. The summed E-state index contributed by atoms with van der Waals surface area (Å²) in [6.07, 6.45) is 4.80. The van der Waals surface area contributed by atoms with E-state index in [2.05, 4.69) is 5.32 Å². The van der Waals surface area contributed by atoms with Crippen molar-refractivity contribution in [3.63, 3.8) is 0 Å². The van der Waals surface area contributed by atoms with E-state index in [9.17, 15) is 9.00 Å². The molecule has 17 heavy (non-hydrogen) atoms. The molecular weight excluding hydrogens is 274 g/mol. The van der Waals surface area contributed by atoms with Crippen LogP contribution in [-0.4, -0.2) is 32.4 Å². The van der Waals surface area contributed by atoms with E-state index in [1.54, 1.807) is 11.7 Å². The molecule has 98 valence electrons. The van der Waals surface area contributed by atoms with Crippen molar-refractivity contribution in [1.82, 2.24) is 5.32 Å². The molecule has 2 unspecified atom stereocenters. The second kappa shape index (κ2) is 9.79. The van der Waals surface area contributed by atoms with Gasteiger partial charge in [0.05, 0.1) is 5.25 Å². The molecule has 0 heterocycles. The Morgan fingerprint density at radius 3 is 2.76 bits per heavy atom. The van der Waals surface area contributed by atoms with Crippen molar-refractivity contribution in [1.29, 1.82) is 0 Å². The van der Waals surface area contributed by atoms with Crippen LogP contribution >= 0.6 is 24.0 Å². The fourth-order valence-corrected chi connectivity index (χ4v) is 2.76. The molecule has 0 aliphatic carbocycles. The maximum atomic E-state index is 11.3. The van der Waals surface area contributed by atoms with E-state index in [1.165, 1.54) is 11.8 Å². The van der Waals surface area contributed by atoms with Crippen LogP contribution in [0.2, 0.25) is 0 Å². The van der Waals surface area contributed by atoms with Crippen LogP contribution in [0, 0.1) is 0 Å². The van der Waals surface area contributed by atoms with Gasteiger partial charge in [0.2, 0.25) is 0 Å². The molecule has 0 rings (SSSR count). The Morgan fingerprint density at radius 1 is 1.59 bits per heavy atom. The third-order valence-corrected chi connectivity index (χ3v) is 3.94. The van der Waals surface area contributed by atoms with Crippen LogP contribution in [-0.2, 0) is 15.6 Å². The van der Waals surface area contributed by atoms with E-state index in [4.69, 9.17) is 12.2 Å². The first-order valence-electron chi connectivity index (χ1n) is 5.43. The highest BCUT2D eigenvalue weighted by molar-refractivity contribution is 8.23. The van der Waals surface area contributed by atoms with Gasteiger partial charge in [-0.1, -0.05) is 37.0 Å². The summed E-state index contributed by atoms with van der Waals surface area (Å²) in [4.78, 5) is 11.3. The summed E-state index contributed by atoms with van der Waals surface area (Å²) >= 11 is 6.50. The summed E-state index contributed by atoms with van der Waals surface area (Å²) in [6.45, 7) is 4.42. The lowest BCUT2D eigenvalue weighted by Crippen LogP contribution is -2.23. The van der Waals surface area contributed by atoms with Crippen molar-refractivity contribution >= 4 is 44.9 Å². The predicted molar refractivity (Wildman–Crippen MR) is 80.8 cm³/mol. The van der Waals surface area contributed by atoms with Gasteiger partial charge in [0, 0.05) is 30.0 Å². The zero-order chi connectivity index (χ0) is 13.3. The monoisotopic (exact) mass is 293 g/mol. The number of carbonyl (C=O) groups excluding carboxylic acids is 1. The number of carbonyl (C=O) groups is 1. The fourth-order valence-electron chi connectivity index (χ4n) is 1.02. The molecule has 0 aromatic rings. The number of ketones is 1. The molecule has 0 aromatic heterocycles. The molecule has 0 fully saturated rings. The first-order chi connectivity index (χ1) is 7.97. The van der Waals surface area contributed by atoms with Gasteiger partial charge in [-0.2, -0.15) is 0 Å². The van der Waals surface area contributed by atoms with E-state index in [1.807, 2.05) is 19.9 Å². The summed E-state index contributed by atoms with van der Waals surface area (Å²) in [5.41, 5.74) is 0. The summed E-state index contributed by atoms with van der Waals surface area (Å²) in [5, 5.41) is 4.63. The van der Waals surface area contributed by atoms with Crippen molar-refractivity contribution in [3.8, 4) is 0 Å². The molecule has 0 aliphatic rings. The summed E-state index contributed by atoms with van der Waals surface area (Å²) < 4.78 is 11.4. The molecule has 0 saturated carbocycles. The van der Waals surface area contributed by atoms with Crippen molar-refractivity contribution in [2.24, 2.45) is 0 Å². The standard InChI is InChI=1S/C11H19NO2S3/c1-4-10(13)9(2)16-11(15)12-7-5-6-8-17(3)14/h6,8-9H,4-5,7H2,1-3H3,(H,12,15)/b8-6+. The van der Waals surface area contributed by atoms with Gasteiger partial charge in [-0.05, 0) is 18.8 Å². The average molecular weight is 293 g/mol. The van der Waals surface area contributed by atoms with Crippen molar-refractivity contribution in [2.45, 2.75) is 31.9 Å². The third-order valence-electron chi connectivity index (χ3n) is 1.95. The zero-order valence-electron chi connectivity index (χ0n) is 10.4. The van der Waals surface area contributed by atoms with Gasteiger partial charge in [-0.15, -0.1) is 0 Å². The number of nitrogens with one attached hydrogen (secondary N) is 1. The molecule has 6 heteroatoms. The number of rotatable bonds is 7. The first kappa shape index (κ1) is 16.8. The molecule has 0 saturated heterocycles. The lowest BCUT2D eigenvalue weighted by atomic mass is 10.2. The molecule has 0 spiro atoms. The minimum atomic E-state index is -0.887. The Hall–Kier alpha value is -0.200. The Morgan fingerprint density at radius 2 is 2.24 bits per heavy atom. The number of thioether (sulfide) groups is 1. The number of hydrogen-bond donors (Lipinski definition) is 1. The first-order valence-corrected chi connectivity index (χ1v) is 8.34. The second-order valence-electron chi connectivity index (χ2n) is 3.45. The van der Waals surface area contributed by atoms with Gasteiger partial charge in [-0.25, -0.2) is 0 Å². The minimum absolute atomic E-state index is 0.0845. The molecule has 0 aliphatic heterocycles. The minimum Gasteiger partial charge on any atom is -0.371 e. The maximum absolute atomic E-state index is 11.3. The van der Waals surface area contributed by atoms with E-state index in [0.717, 1.165) is 6.42 Å². The fraction of sp³-hybridized carbons (Fsp3) is 0.636. The van der Waals surface area contributed by atoms with E-state index >= 15 is 0 Å². The lowest BCUT2D eigenvalue weighted by Gasteiger charge is -2.10. The van der Waals surface area contributed by atoms with E-state index in [-0.39, 0.29) is 11.0 Å². The average Bonchev–Trinajstić information content (AvgIpc) is 2.26. The Bertz CT molecular complexity index is 316. The maximum Gasteiger partial charge on any atom is 0.145 e. The quantitative estimate of drug-likeness (QED) is 0.576. The number of Topliss-reactive ketones (excluding diaryl/α,β-unsaturated/α-hetero) is 1. The molecular formula is C11H19NO2S3. The van der Waals surface area contributed by atoms with Crippen LogP contribution in [0.4, 0.5) is 0 Å². The van der Waals surface area contributed by atoms with Crippen LogP contribution in [0.1, 0.15) is 26.7 Å². The van der Waals surface area contributed by atoms with Crippen molar-refractivity contribution in [3.05, 3.63) is 11.5 Å². The highest BCUT2D eigenvalue weighted by atomic mass is 32.2. The van der Waals surface area contributed by atoms with Gasteiger partial charge < -0.3 is 5.32 Å². The predicted octanol–water partition coefficient (Wildman–Crippen LogP) is 2.24. The largest absolute Gasteiger partial charge is 0.371 e. The SMILES string of the molecule is CCC(=O)C(C)SC(=S)NCC/C=C/S(C)=O. The second-order valence-corrected chi connectivity index (χ2v) is 6.74. The van der Waals surface area contributed by atoms with Crippen LogP contribution < -0.4 is 5.32 Å². The van der Waals surface area contributed by atoms with E-state index < -0.39 is 10.8 Å². The molecule has 0 bridgehead atoms. The molecule has 3 nitrogen and oxygen atoms in total. The highest BCUT2D eigenvalue weighted by Crippen LogP contribution is 2.13. The molecule has 1 N–H and O–H groups in total. The topological polar surface area (TPSA) is 46.2 Å². The molecule has 2 atom stereocenters. The summed E-state index contributed by atoms with van der Waals surface area (Å²) in [7, 11) is -0.887. The highest BCUT2D eigenvalue weighted by Gasteiger charge is 2.13. The van der Waals surface area contributed by atoms with Crippen molar-refractivity contribution < 1.29 is 9.00 Å². The zero-order valence-corrected chi connectivity index (χ0v) is 12.8. The summed E-state index contributed by atoms with van der Waals surface area (Å²) in [6, 6.07) is 0. The van der Waals surface area contributed by atoms with Crippen molar-refractivity contribution in [2.75, 3.05) is 12.8 Å². The molecule has 0 amide bonds. The normalized spacial score (nSPS) is 14.5. The Labute approximate surface area is 115 Å². The van der Waals surface area contributed by atoms with Crippen LogP contribution in [0.5, 0.6) is 0 Å². The van der Waals surface area contributed by atoms with E-state index in [0.29, 0.717) is 17.3 Å². The lowest BCUT2D eigenvalue weighted by molar-refractivity contribution is -0.117. The van der Waals surface area contributed by atoms with Crippen LogP contribution in [0.25, 0.3) is 0 Å². The molecule has 0 radical (unpaired) electrons. The van der Waals surface area contributed by atoms with Gasteiger partial charge >= 0.3 is 0 Å². The summed E-state index contributed by atoms with van der Waals surface area (Å²) in [5.74, 6) is 0.209. The third kappa shape index (κ3) is 9.50. The van der Waals surface area contributed by atoms with Gasteiger partial charge in [0.25, 0.3) is 0 Å². The van der Waals surface area contributed by atoms with Gasteiger partial charge in [0.15, 0.2) is 0 Å². The van der Waals surface area contributed by atoms with Crippen LogP contribution in [0.15, 0.2) is 11.5 Å².